The van der Waals surface area contributed by atoms with Gasteiger partial charge in [-0.05, 0) is 42.9 Å². The minimum Gasteiger partial charge on any atom is -0.497 e. The van der Waals surface area contributed by atoms with Crippen molar-refractivity contribution in [2.75, 3.05) is 26.8 Å². The van der Waals surface area contributed by atoms with E-state index in [9.17, 15) is 9.59 Å². The number of hydrogen-bond donors (Lipinski definition) is 0. The molecule has 2 aromatic carbocycles. The molecule has 1 aliphatic heterocycles. The third kappa shape index (κ3) is 5.26. The minimum absolute atomic E-state index is 0.0613. The molecule has 0 radical (unpaired) electrons. The van der Waals surface area contributed by atoms with Crippen LogP contribution in [0.3, 0.4) is 0 Å². The second-order valence-corrected chi connectivity index (χ2v) is 7.97. The molecule has 162 valence electrons. The van der Waals surface area contributed by atoms with Crippen molar-refractivity contribution in [3.8, 4) is 5.75 Å². The number of piperidine rings is 1. The summed E-state index contributed by atoms with van der Waals surface area (Å²) >= 11 is 0. The van der Waals surface area contributed by atoms with Gasteiger partial charge in [0.2, 0.25) is 0 Å². The molecule has 1 fully saturated rings. The highest BCUT2D eigenvalue weighted by Crippen LogP contribution is 2.26. The summed E-state index contributed by atoms with van der Waals surface area (Å²) < 4.78 is 15.9. The van der Waals surface area contributed by atoms with Crippen molar-refractivity contribution >= 4 is 22.8 Å². The Balaban J connectivity index is 1.22. The standard InChI is InChI=1S/C25H27NO5/c1-29-21-7-8-22-20(16-30-23(22)15-21)14-25(28)31-17-24(27)26-11-9-19(10-12-26)13-18-5-3-2-4-6-18/h2-8,15-16,19H,9-14,17H2,1H3. The third-order valence-corrected chi connectivity index (χ3v) is 5.89. The molecule has 1 aliphatic rings. The van der Waals surface area contributed by atoms with Crippen molar-refractivity contribution in [1.82, 2.24) is 4.90 Å². The van der Waals surface area contributed by atoms with Crippen LogP contribution in [0.25, 0.3) is 11.0 Å². The predicted octanol–water partition coefficient (Wildman–Crippen LogP) is 4.01. The molecule has 0 atom stereocenters. The van der Waals surface area contributed by atoms with Gasteiger partial charge in [0.25, 0.3) is 5.91 Å². The normalized spacial score (nSPS) is 14.5. The summed E-state index contributed by atoms with van der Waals surface area (Å²) in [6.07, 6.45) is 4.59. The number of methoxy groups -OCH3 is 1. The van der Waals surface area contributed by atoms with Crippen LogP contribution in [0.2, 0.25) is 0 Å². The highest BCUT2D eigenvalue weighted by Gasteiger charge is 2.24. The van der Waals surface area contributed by atoms with Gasteiger partial charge >= 0.3 is 5.97 Å². The number of carbonyl (C=O) groups is 2. The lowest BCUT2D eigenvalue weighted by atomic mass is 9.90. The molecule has 2 heterocycles. The number of nitrogens with zero attached hydrogens (tertiary/aromatic N) is 1. The zero-order valence-corrected chi connectivity index (χ0v) is 17.7. The highest BCUT2D eigenvalue weighted by molar-refractivity contribution is 5.87. The number of rotatable bonds is 7. The van der Waals surface area contributed by atoms with Gasteiger partial charge in [-0.25, -0.2) is 0 Å². The SMILES string of the molecule is COc1ccc2c(CC(=O)OCC(=O)N3CCC(Cc4ccccc4)CC3)coc2c1. The van der Waals surface area contributed by atoms with E-state index in [2.05, 4.69) is 24.3 Å². The Morgan fingerprint density at radius 3 is 2.61 bits per heavy atom. The van der Waals surface area contributed by atoms with Crippen LogP contribution >= 0.6 is 0 Å². The van der Waals surface area contributed by atoms with Crippen molar-refractivity contribution in [3.05, 3.63) is 65.9 Å². The smallest absolute Gasteiger partial charge is 0.310 e. The first-order valence-electron chi connectivity index (χ1n) is 10.6. The molecule has 6 heteroatoms. The fraction of sp³-hybridized carbons (Fsp3) is 0.360. The number of amides is 1. The monoisotopic (exact) mass is 421 g/mol. The second-order valence-electron chi connectivity index (χ2n) is 7.97. The number of likely N-dealkylation sites (tertiary alicyclic amines) is 1. The molecular weight excluding hydrogens is 394 g/mol. The minimum atomic E-state index is -0.439. The maximum absolute atomic E-state index is 12.5. The molecule has 1 saturated heterocycles. The number of benzene rings is 2. The number of furan rings is 1. The van der Waals surface area contributed by atoms with E-state index < -0.39 is 5.97 Å². The fourth-order valence-electron chi connectivity index (χ4n) is 4.10. The average molecular weight is 421 g/mol. The largest absolute Gasteiger partial charge is 0.497 e. The third-order valence-electron chi connectivity index (χ3n) is 5.89. The summed E-state index contributed by atoms with van der Waals surface area (Å²) in [5.74, 6) is 0.704. The zero-order chi connectivity index (χ0) is 21.6. The topological polar surface area (TPSA) is 69.0 Å². The molecular formula is C25H27NO5. The molecule has 6 nitrogen and oxygen atoms in total. The van der Waals surface area contributed by atoms with Crippen molar-refractivity contribution in [2.45, 2.75) is 25.7 Å². The molecule has 0 N–H and O–H groups in total. The summed E-state index contributed by atoms with van der Waals surface area (Å²) in [4.78, 5) is 26.5. The van der Waals surface area contributed by atoms with Crippen molar-refractivity contribution in [3.63, 3.8) is 0 Å². The first-order chi connectivity index (χ1) is 15.1. The second kappa shape index (κ2) is 9.69. The first kappa shape index (κ1) is 21.0. The summed E-state index contributed by atoms with van der Waals surface area (Å²) in [7, 11) is 1.59. The van der Waals surface area contributed by atoms with Crippen LogP contribution in [0.5, 0.6) is 5.75 Å². The summed E-state index contributed by atoms with van der Waals surface area (Å²) in [5, 5.41) is 0.838. The Morgan fingerprint density at radius 2 is 1.87 bits per heavy atom. The molecule has 0 saturated carbocycles. The number of fused-ring (bicyclic) bond motifs is 1. The van der Waals surface area contributed by atoms with Crippen LogP contribution in [0.4, 0.5) is 0 Å². The Morgan fingerprint density at radius 1 is 1.10 bits per heavy atom. The van der Waals surface area contributed by atoms with Gasteiger partial charge in [-0.3, -0.25) is 9.59 Å². The maximum Gasteiger partial charge on any atom is 0.310 e. The van der Waals surface area contributed by atoms with Gasteiger partial charge in [0, 0.05) is 30.1 Å². The van der Waals surface area contributed by atoms with Gasteiger partial charge in [0.1, 0.15) is 11.3 Å². The van der Waals surface area contributed by atoms with Crippen LogP contribution in [-0.4, -0.2) is 43.6 Å². The highest BCUT2D eigenvalue weighted by atomic mass is 16.5. The van der Waals surface area contributed by atoms with Gasteiger partial charge < -0.3 is 18.8 Å². The Hall–Kier alpha value is -3.28. The molecule has 0 bridgehead atoms. The van der Waals surface area contributed by atoms with E-state index in [1.807, 2.05) is 18.2 Å². The number of ether oxygens (including phenoxy) is 2. The Bertz CT molecular complexity index is 1030. The molecule has 4 rings (SSSR count). The van der Waals surface area contributed by atoms with Gasteiger partial charge in [0.15, 0.2) is 6.61 Å². The first-order valence-corrected chi connectivity index (χ1v) is 10.6. The van der Waals surface area contributed by atoms with Crippen molar-refractivity contribution in [1.29, 1.82) is 0 Å². The van der Waals surface area contributed by atoms with E-state index in [1.165, 1.54) is 5.56 Å². The summed E-state index contributed by atoms with van der Waals surface area (Å²) in [5.41, 5.74) is 2.72. The van der Waals surface area contributed by atoms with Crippen LogP contribution in [0.1, 0.15) is 24.0 Å². The van der Waals surface area contributed by atoms with E-state index >= 15 is 0 Å². The number of hydrogen-bond acceptors (Lipinski definition) is 5. The fourth-order valence-corrected chi connectivity index (χ4v) is 4.10. The Kier molecular flexibility index (Phi) is 6.55. The van der Waals surface area contributed by atoms with Gasteiger partial charge in [-0.1, -0.05) is 30.3 Å². The van der Waals surface area contributed by atoms with Crippen LogP contribution in [-0.2, 0) is 27.2 Å². The Labute approximate surface area is 181 Å². The molecule has 3 aromatic rings. The lowest BCUT2D eigenvalue weighted by Gasteiger charge is -2.32. The summed E-state index contributed by atoms with van der Waals surface area (Å²) in [6, 6.07) is 15.9. The molecule has 31 heavy (non-hydrogen) atoms. The molecule has 0 unspecified atom stereocenters. The quantitative estimate of drug-likeness (QED) is 0.539. The van der Waals surface area contributed by atoms with Gasteiger partial charge in [-0.15, -0.1) is 0 Å². The molecule has 1 aromatic heterocycles. The lowest BCUT2D eigenvalue weighted by molar-refractivity contribution is -0.152. The zero-order valence-electron chi connectivity index (χ0n) is 17.7. The van der Waals surface area contributed by atoms with Crippen LogP contribution < -0.4 is 4.74 Å². The van der Waals surface area contributed by atoms with Crippen LogP contribution in [0, 0.1) is 5.92 Å². The van der Waals surface area contributed by atoms with Crippen molar-refractivity contribution < 1.29 is 23.5 Å². The molecule has 1 amide bonds. The predicted molar refractivity (Wildman–Crippen MR) is 117 cm³/mol. The van der Waals surface area contributed by atoms with Gasteiger partial charge in [0.05, 0.1) is 19.8 Å². The number of esters is 1. The summed E-state index contributed by atoms with van der Waals surface area (Å²) in [6.45, 7) is 1.20. The average Bonchev–Trinajstić information content (AvgIpc) is 3.20. The lowest BCUT2D eigenvalue weighted by Crippen LogP contribution is -2.41. The van der Waals surface area contributed by atoms with E-state index in [4.69, 9.17) is 13.9 Å². The van der Waals surface area contributed by atoms with Crippen molar-refractivity contribution in [2.24, 2.45) is 5.92 Å². The maximum atomic E-state index is 12.5. The number of carbonyl (C=O) groups excluding carboxylic acids is 2. The van der Waals surface area contributed by atoms with E-state index in [0.717, 1.165) is 30.2 Å². The van der Waals surface area contributed by atoms with E-state index in [1.54, 1.807) is 24.3 Å². The van der Waals surface area contributed by atoms with E-state index in [0.29, 0.717) is 30.3 Å². The van der Waals surface area contributed by atoms with Gasteiger partial charge in [-0.2, -0.15) is 0 Å². The molecule has 0 spiro atoms. The van der Waals surface area contributed by atoms with E-state index in [-0.39, 0.29) is 18.9 Å². The molecule has 0 aliphatic carbocycles. The van der Waals surface area contributed by atoms with Crippen LogP contribution in [0.15, 0.2) is 59.2 Å².